The molecule has 0 aromatic heterocycles. The van der Waals surface area contributed by atoms with Gasteiger partial charge < -0.3 is 4.74 Å². The molecule has 2 aliphatic rings. The van der Waals surface area contributed by atoms with Gasteiger partial charge in [0.1, 0.15) is 11.3 Å². The van der Waals surface area contributed by atoms with Crippen LogP contribution in [-0.4, -0.2) is 19.2 Å². The summed E-state index contributed by atoms with van der Waals surface area (Å²) in [5.74, 6) is 1.69. The molecule has 1 aromatic carbocycles. The van der Waals surface area contributed by atoms with Crippen molar-refractivity contribution in [1.82, 2.24) is 5.32 Å². The summed E-state index contributed by atoms with van der Waals surface area (Å²) in [6, 6.07) is 8.75. The van der Waals surface area contributed by atoms with Crippen LogP contribution in [0.1, 0.15) is 30.4 Å². The van der Waals surface area contributed by atoms with E-state index in [0.717, 1.165) is 37.5 Å². The molecule has 2 aliphatic carbocycles. The predicted octanol–water partition coefficient (Wildman–Crippen LogP) is 2.45. The summed E-state index contributed by atoms with van der Waals surface area (Å²) in [5.41, 5.74) is 2.25. The van der Waals surface area contributed by atoms with Crippen LogP contribution in [0.25, 0.3) is 0 Å². The number of nitriles is 1. The number of methoxy groups -OCH3 is 1. The molecule has 0 bridgehead atoms. The first-order chi connectivity index (χ1) is 9.24. The van der Waals surface area contributed by atoms with Gasteiger partial charge in [0.15, 0.2) is 0 Å². The molecule has 0 aliphatic heterocycles. The molecule has 3 heteroatoms. The van der Waals surface area contributed by atoms with Crippen LogP contribution in [0.3, 0.4) is 0 Å². The molecule has 1 atom stereocenters. The van der Waals surface area contributed by atoms with Gasteiger partial charge in [-0.25, -0.2) is 0 Å². The number of fused-ring (bicyclic) bond motifs is 1. The lowest BCUT2D eigenvalue weighted by Gasteiger charge is -2.33. The van der Waals surface area contributed by atoms with Crippen LogP contribution >= 0.6 is 0 Å². The molecule has 0 radical (unpaired) electrons. The third kappa shape index (κ3) is 2.59. The van der Waals surface area contributed by atoms with Crippen molar-refractivity contribution in [3.63, 3.8) is 0 Å². The largest absolute Gasteiger partial charge is 0.497 e. The molecule has 0 heterocycles. The van der Waals surface area contributed by atoms with E-state index in [2.05, 4.69) is 23.5 Å². The van der Waals surface area contributed by atoms with E-state index >= 15 is 0 Å². The van der Waals surface area contributed by atoms with Crippen molar-refractivity contribution >= 4 is 0 Å². The second-order valence-electron chi connectivity index (χ2n) is 5.83. The van der Waals surface area contributed by atoms with E-state index in [1.807, 2.05) is 6.07 Å². The molecule has 0 amide bonds. The Bertz CT molecular complexity index is 516. The molecule has 3 nitrogen and oxygen atoms in total. The van der Waals surface area contributed by atoms with Crippen molar-refractivity contribution in [1.29, 1.82) is 5.26 Å². The van der Waals surface area contributed by atoms with Gasteiger partial charge in [0.05, 0.1) is 13.2 Å². The standard InChI is InChI=1S/C16H20N2O/c1-19-15-5-4-13-6-7-16(11-17,9-14(13)8-15)18-10-12-2-3-12/h4-5,8,12,18H,2-3,6-7,9-10H2,1H3. The van der Waals surface area contributed by atoms with Gasteiger partial charge in [-0.3, -0.25) is 5.32 Å². The van der Waals surface area contributed by atoms with E-state index in [9.17, 15) is 5.26 Å². The lowest BCUT2D eigenvalue weighted by molar-refractivity contribution is 0.358. The average Bonchev–Trinajstić information content (AvgIpc) is 3.28. The zero-order chi connectivity index (χ0) is 13.3. The zero-order valence-electron chi connectivity index (χ0n) is 11.4. The first kappa shape index (κ1) is 12.5. The van der Waals surface area contributed by atoms with Gasteiger partial charge in [-0.15, -0.1) is 0 Å². The third-order valence-corrected chi connectivity index (χ3v) is 4.37. The number of hydrogen-bond donors (Lipinski definition) is 1. The lowest BCUT2D eigenvalue weighted by Crippen LogP contribution is -2.49. The number of rotatable bonds is 4. The summed E-state index contributed by atoms with van der Waals surface area (Å²) in [4.78, 5) is 0. The first-order valence-corrected chi connectivity index (χ1v) is 7.07. The quantitative estimate of drug-likeness (QED) is 0.900. The number of nitrogens with one attached hydrogen (secondary N) is 1. The molecule has 100 valence electrons. The number of nitrogens with zero attached hydrogens (tertiary/aromatic N) is 1. The van der Waals surface area contributed by atoms with Crippen LogP contribution in [0.4, 0.5) is 0 Å². The second kappa shape index (κ2) is 4.86. The van der Waals surface area contributed by atoms with Crippen molar-refractivity contribution in [3.8, 4) is 11.8 Å². The minimum absolute atomic E-state index is 0.373. The van der Waals surface area contributed by atoms with Crippen LogP contribution in [0, 0.1) is 17.2 Å². The average molecular weight is 256 g/mol. The number of aryl methyl sites for hydroxylation is 1. The van der Waals surface area contributed by atoms with Crippen molar-refractivity contribution in [3.05, 3.63) is 29.3 Å². The molecule has 1 N–H and O–H groups in total. The van der Waals surface area contributed by atoms with Crippen molar-refractivity contribution < 1.29 is 4.74 Å². The molecule has 1 aromatic rings. The summed E-state index contributed by atoms with van der Waals surface area (Å²) in [6.07, 6.45) is 5.32. The molecule has 1 unspecified atom stereocenters. The van der Waals surface area contributed by atoms with Crippen LogP contribution in [0.2, 0.25) is 0 Å². The van der Waals surface area contributed by atoms with Crippen LogP contribution in [-0.2, 0) is 12.8 Å². The Morgan fingerprint density at radius 3 is 2.95 bits per heavy atom. The molecule has 1 fully saturated rings. The summed E-state index contributed by atoms with van der Waals surface area (Å²) < 4.78 is 5.29. The predicted molar refractivity (Wildman–Crippen MR) is 74.1 cm³/mol. The highest BCUT2D eigenvalue weighted by Crippen LogP contribution is 2.33. The SMILES string of the molecule is COc1ccc2c(c1)CC(C#N)(NCC1CC1)CC2. The van der Waals surface area contributed by atoms with E-state index < -0.39 is 0 Å². The Kier molecular flexibility index (Phi) is 3.20. The van der Waals surface area contributed by atoms with Crippen molar-refractivity contribution in [2.75, 3.05) is 13.7 Å². The van der Waals surface area contributed by atoms with E-state index in [1.54, 1.807) is 7.11 Å². The molecule has 0 spiro atoms. The normalized spacial score (nSPS) is 25.5. The molecule has 1 saturated carbocycles. The molecule has 3 rings (SSSR count). The van der Waals surface area contributed by atoms with E-state index in [4.69, 9.17) is 4.74 Å². The number of benzene rings is 1. The van der Waals surface area contributed by atoms with E-state index in [1.165, 1.54) is 24.0 Å². The minimum Gasteiger partial charge on any atom is -0.497 e. The zero-order valence-corrected chi connectivity index (χ0v) is 11.4. The fraction of sp³-hybridized carbons (Fsp3) is 0.562. The van der Waals surface area contributed by atoms with Crippen molar-refractivity contribution in [2.24, 2.45) is 5.92 Å². The lowest BCUT2D eigenvalue weighted by atomic mass is 9.78. The molecular formula is C16H20N2O. The Hall–Kier alpha value is -1.53. The van der Waals surface area contributed by atoms with E-state index in [-0.39, 0.29) is 5.54 Å². The monoisotopic (exact) mass is 256 g/mol. The Morgan fingerprint density at radius 1 is 1.42 bits per heavy atom. The van der Waals surface area contributed by atoms with Crippen LogP contribution in [0.15, 0.2) is 18.2 Å². The smallest absolute Gasteiger partial charge is 0.119 e. The van der Waals surface area contributed by atoms with Gasteiger partial charge in [0.25, 0.3) is 0 Å². The van der Waals surface area contributed by atoms with Gasteiger partial charge in [-0.1, -0.05) is 6.07 Å². The number of hydrogen-bond acceptors (Lipinski definition) is 3. The van der Waals surface area contributed by atoms with Gasteiger partial charge >= 0.3 is 0 Å². The highest BCUT2D eigenvalue weighted by molar-refractivity contribution is 5.40. The fourth-order valence-electron chi connectivity index (χ4n) is 2.85. The summed E-state index contributed by atoms with van der Waals surface area (Å²) in [5, 5.41) is 13.1. The maximum Gasteiger partial charge on any atom is 0.119 e. The Morgan fingerprint density at radius 2 is 2.26 bits per heavy atom. The molecular weight excluding hydrogens is 236 g/mol. The topological polar surface area (TPSA) is 45.0 Å². The minimum atomic E-state index is -0.373. The van der Waals surface area contributed by atoms with Crippen molar-refractivity contribution in [2.45, 2.75) is 37.6 Å². The van der Waals surface area contributed by atoms with Crippen LogP contribution < -0.4 is 10.1 Å². The molecule has 0 saturated heterocycles. The van der Waals surface area contributed by atoms with Gasteiger partial charge in [-0.2, -0.15) is 5.26 Å². The summed E-state index contributed by atoms with van der Waals surface area (Å²) >= 11 is 0. The first-order valence-electron chi connectivity index (χ1n) is 7.07. The van der Waals surface area contributed by atoms with Gasteiger partial charge in [-0.05, 0) is 61.4 Å². The number of ether oxygens (including phenoxy) is 1. The maximum atomic E-state index is 9.58. The van der Waals surface area contributed by atoms with Gasteiger partial charge in [0, 0.05) is 6.42 Å². The summed E-state index contributed by atoms with van der Waals surface area (Å²) in [6.45, 7) is 0.993. The Balaban J connectivity index is 1.79. The maximum absolute atomic E-state index is 9.58. The summed E-state index contributed by atoms with van der Waals surface area (Å²) in [7, 11) is 1.69. The van der Waals surface area contributed by atoms with Crippen LogP contribution in [0.5, 0.6) is 5.75 Å². The third-order valence-electron chi connectivity index (χ3n) is 4.37. The fourth-order valence-corrected chi connectivity index (χ4v) is 2.85. The molecule has 19 heavy (non-hydrogen) atoms. The second-order valence-corrected chi connectivity index (χ2v) is 5.83. The Labute approximate surface area is 114 Å². The van der Waals surface area contributed by atoms with Gasteiger partial charge in [0.2, 0.25) is 0 Å². The highest BCUT2D eigenvalue weighted by atomic mass is 16.5. The highest BCUT2D eigenvalue weighted by Gasteiger charge is 2.36. The van der Waals surface area contributed by atoms with E-state index in [0.29, 0.717) is 0 Å².